The number of aliphatic hydroxyl groups is 1. The number of hydrazine groups is 1. The summed E-state index contributed by atoms with van der Waals surface area (Å²) in [7, 11) is 0. The van der Waals surface area contributed by atoms with Gasteiger partial charge in [0, 0.05) is 19.7 Å². The Kier molecular flexibility index (Phi) is 3.66. The van der Waals surface area contributed by atoms with Crippen molar-refractivity contribution in [3.63, 3.8) is 0 Å². The number of nitrogen functional groups attached to an aromatic ring is 1. The van der Waals surface area contributed by atoms with Crippen LogP contribution in [0.1, 0.15) is 19.3 Å². The fraction of sp³-hybridized carbons (Fsp3) is 0.583. The van der Waals surface area contributed by atoms with Gasteiger partial charge in [0.1, 0.15) is 5.82 Å². The number of nitrogens with one attached hydrogen (secondary N) is 2. The first-order valence-electron chi connectivity index (χ1n) is 6.85. The second-order valence-corrected chi connectivity index (χ2v) is 5.11. The van der Waals surface area contributed by atoms with Crippen LogP contribution >= 0.6 is 0 Å². The van der Waals surface area contributed by atoms with Crippen molar-refractivity contribution < 1.29 is 5.11 Å². The van der Waals surface area contributed by atoms with Gasteiger partial charge in [-0.2, -0.15) is 15.1 Å². The monoisotopic (exact) mass is 277 g/mol. The molecule has 1 aliphatic heterocycles. The van der Waals surface area contributed by atoms with Crippen LogP contribution in [0.25, 0.3) is 11.0 Å². The number of H-pyrrole nitrogens is 1. The highest BCUT2D eigenvalue weighted by molar-refractivity contribution is 5.87. The Balaban J connectivity index is 1.93. The zero-order valence-corrected chi connectivity index (χ0v) is 11.2. The third kappa shape index (κ3) is 2.39. The molecule has 0 aliphatic carbocycles. The van der Waals surface area contributed by atoms with E-state index in [9.17, 15) is 0 Å². The lowest BCUT2D eigenvalue weighted by Crippen LogP contribution is -2.36. The number of piperidine rings is 1. The van der Waals surface area contributed by atoms with E-state index < -0.39 is 0 Å². The number of nitrogens with zero attached hydrogens (tertiary/aromatic N) is 4. The summed E-state index contributed by atoms with van der Waals surface area (Å²) < 4.78 is 0. The molecule has 3 heterocycles. The maximum absolute atomic E-state index is 9.11. The van der Waals surface area contributed by atoms with Crippen LogP contribution in [0, 0.1) is 5.92 Å². The molecule has 1 atom stereocenters. The van der Waals surface area contributed by atoms with Crippen molar-refractivity contribution in [3.05, 3.63) is 6.20 Å². The Morgan fingerprint density at radius 3 is 3.20 bits per heavy atom. The molecular weight excluding hydrogens is 258 g/mol. The molecule has 1 fully saturated rings. The second kappa shape index (κ2) is 5.59. The fourth-order valence-corrected chi connectivity index (χ4v) is 2.80. The highest BCUT2D eigenvalue weighted by Gasteiger charge is 2.23. The Hall–Kier alpha value is -1.93. The summed E-state index contributed by atoms with van der Waals surface area (Å²) in [4.78, 5) is 10.9. The average Bonchev–Trinajstić information content (AvgIpc) is 2.95. The summed E-state index contributed by atoms with van der Waals surface area (Å²) in [5.74, 6) is 7.14. The number of hydrogen-bond donors (Lipinski definition) is 4. The maximum Gasteiger partial charge on any atom is 0.241 e. The molecule has 8 heteroatoms. The molecule has 8 nitrogen and oxygen atoms in total. The van der Waals surface area contributed by atoms with Crippen LogP contribution in [0.2, 0.25) is 0 Å². The molecule has 1 aliphatic rings. The van der Waals surface area contributed by atoms with Gasteiger partial charge in [0.15, 0.2) is 5.65 Å². The van der Waals surface area contributed by atoms with Gasteiger partial charge in [-0.15, -0.1) is 0 Å². The minimum atomic E-state index is 0.235. The lowest BCUT2D eigenvalue weighted by Gasteiger charge is -2.33. The number of aromatic amines is 1. The van der Waals surface area contributed by atoms with E-state index in [4.69, 9.17) is 10.9 Å². The number of hydrogen-bond acceptors (Lipinski definition) is 7. The molecule has 0 radical (unpaired) electrons. The molecule has 20 heavy (non-hydrogen) atoms. The highest BCUT2D eigenvalue weighted by Crippen LogP contribution is 2.28. The number of nitrogens with two attached hydrogens (primary N) is 1. The Bertz CT molecular complexity index is 582. The van der Waals surface area contributed by atoms with Crippen LogP contribution in [-0.4, -0.2) is 45.0 Å². The van der Waals surface area contributed by atoms with Crippen LogP contribution in [0.4, 0.5) is 11.8 Å². The lowest BCUT2D eigenvalue weighted by atomic mass is 9.95. The summed E-state index contributed by atoms with van der Waals surface area (Å²) in [6, 6.07) is 0. The van der Waals surface area contributed by atoms with E-state index in [1.54, 1.807) is 6.20 Å². The van der Waals surface area contributed by atoms with Crippen molar-refractivity contribution in [2.75, 3.05) is 30.0 Å². The van der Waals surface area contributed by atoms with Crippen LogP contribution in [0.5, 0.6) is 0 Å². The topological polar surface area (TPSA) is 116 Å². The predicted octanol–water partition coefficient (Wildman–Crippen LogP) is 0.237. The van der Waals surface area contributed by atoms with Crippen molar-refractivity contribution >= 4 is 22.8 Å². The molecule has 0 amide bonds. The first kappa shape index (κ1) is 13.1. The zero-order chi connectivity index (χ0) is 13.9. The molecule has 2 aromatic heterocycles. The lowest BCUT2D eigenvalue weighted by molar-refractivity contribution is 0.244. The third-order valence-electron chi connectivity index (χ3n) is 3.77. The van der Waals surface area contributed by atoms with Crippen molar-refractivity contribution in [1.29, 1.82) is 0 Å². The number of rotatable bonds is 4. The summed E-state index contributed by atoms with van der Waals surface area (Å²) in [5.41, 5.74) is 3.16. The van der Waals surface area contributed by atoms with Gasteiger partial charge < -0.3 is 10.0 Å². The van der Waals surface area contributed by atoms with E-state index in [2.05, 4.69) is 30.5 Å². The van der Waals surface area contributed by atoms with Crippen LogP contribution in [0.3, 0.4) is 0 Å². The van der Waals surface area contributed by atoms with Gasteiger partial charge in [0.05, 0.1) is 11.6 Å². The van der Waals surface area contributed by atoms with Gasteiger partial charge in [-0.05, 0) is 25.2 Å². The molecular formula is C12H19N7O. The normalized spacial score (nSPS) is 19.5. The first-order chi connectivity index (χ1) is 9.81. The molecule has 108 valence electrons. The molecule has 0 bridgehead atoms. The Morgan fingerprint density at radius 2 is 2.40 bits per heavy atom. The van der Waals surface area contributed by atoms with Gasteiger partial charge in [-0.3, -0.25) is 10.5 Å². The zero-order valence-electron chi connectivity index (χ0n) is 11.2. The van der Waals surface area contributed by atoms with E-state index in [1.807, 2.05) is 0 Å². The smallest absolute Gasteiger partial charge is 0.241 e. The third-order valence-corrected chi connectivity index (χ3v) is 3.77. The van der Waals surface area contributed by atoms with E-state index >= 15 is 0 Å². The van der Waals surface area contributed by atoms with Crippen molar-refractivity contribution in [2.45, 2.75) is 19.3 Å². The average molecular weight is 277 g/mol. The Labute approximate surface area is 116 Å². The molecule has 0 saturated carbocycles. The van der Waals surface area contributed by atoms with Crippen molar-refractivity contribution in [3.8, 4) is 0 Å². The summed E-state index contributed by atoms with van der Waals surface area (Å²) in [6.45, 7) is 2.07. The second-order valence-electron chi connectivity index (χ2n) is 5.11. The number of aliphatic hydroxyl groups excluding tert-OH is 1. The van der Waals surface area contributed by atoms with Crippen molar-refractivity contribution in [1.82, 2.24) is 20.2 Å². The molecule has 5 N–H and O–H groups in total. The number of anilines is 2. The summed E-state index contributed by atoms with van der Waals surface area (Å²) >= 11 is 0. The van der Waals surface area contributed by atoms with Crippen molar-refractivity contribution in [2.24, 2.45) is 11.8 Å². The summed E-state index contributed by atoms with van der Waals surface area (Å²) in [6.07, 6.45) is 4.82. The van der Waals surface area contributed by atoms with E-state index in [1.165, 1.54) is 0 Å². The quantitative estimate of drug-likeness (QED) is 0.467. The van der Waals surface area contributed by atoms with Gasteiger partial charge in [0.2, 0.25) is 5.95 Å². The minimum absolute atomic E-state index is 0.235. The van der Waals surface area contributed by atoms with E-state index in [-0.39, 0.29) is 6.61 Å². The standard InChI is InChI=1S/C12H19N7O/c13-17-12-15-10-9(6-14-18-10)11(16-12)19-4-1-2-8(7-19)3-5-20/h6,8,20H,1-5,7,13H2,(H2,14,15,16,17,18). The Morgan fingerprint density at radius 1 is 1.50 bits per heavy atom. The van der Waals surface area contributed by atoms with Crippen LogP contribution in [-0.2, 0) is 0 Å². The molecule has 1 unspecified atom stereocenters. The maximum atomic E-state index is 9.11. The van der Waals surface area contributed by atoms with Crippen LogP contribution in [0.15, 0.2) is 6.20 Å². The largest absolute Gasteiger partial charge is 0.396 e. The van der Waals surface area contributed by atoms with Gasteiger partial charge in [0.25, 0.3) is 0 Å². The molecule has 2 aromatic rings. The van der Waals surface area contributed by atoms with Gasteiger partial charge in [-0.25, -0.2) is 5.84 Å². The minimum Gasteiger partial charge on any atom is -0.396 e. The van der Waals surface area contributed by atoms with Gasteiger partial charge in [-0.1, -0.05) is 0 Å². The molecule has 0 aromatic carbocycles. The summed E-state index contributed by atoms with van der Waals surface area (Å²) in [5, 5.41) is 16.9. The number of aromatic nitrogens is 4. The van der Waals surface area contributed by atoms with Gasteiger partial charge >= 0.3 is 0 Å². The first-order valence-corrected chi connectivity index (χ1v) is 6.85. The molecule has 1 saturated heterocycles. The van der Waals surface area contributed by atoms with E-state index in [0.29, 0.717) is 17.5 Å². The van der Waals surface area contributed by atoms with E-state index in [0.717, 1.165) is 43.6 Å². The predicted molar refractivity (Wildman–Crippen MR) is 76.1 cm³/mol. The molecule has 3 rings (SSSR count). The highest BCUT2D eigenvalue weighted by atomic mass is 16.3. The SMILES string of the molecule is NNc1nc(N2CCCC(CCO)C2)c2cn[nH]c2n1. The fourth-order valence-electron chi connectivity index (χ4n) is 2.80. The number of fused-ring (bicyclic) bond motifs is 1. The molecule has 0 spiro atoms. The van der Waals surface area contributed by atoms with Crippen LogP contribution < -0.4 is 16.2 Å².